The average molecular weight is 127 g/mol. The Morgan fingerprint density at radius 2 is 2.11 bits per heavy atom. The van der Waals surface area contributed by atoms with Crippen molar-refractivity contribution in [2.75, 3.05) is 19.7 Å². The first kappa shape index (κ1) is 5.69. The molecule has 1 saturated heterocycles. The number of rotatable bonds is 1. The van der Waals surface area contributed by atoms with Crippen LogP contribution >= 0.6 is 0 Å². The second-order valence-corrected chi connectivity index (χ2v) is 3.54. The Bertz CT molecular complexity index is 125. The van der Waals surface area contributed by atoms with Crippen LogP contribution in [0.3, 0.4) is 0 Å². The summed E-state index contributed by atoms with van der Waals surface area (Å²) in [5.74, 6) is 1.56. The highest BCUT2D eigenvalue weighted by atomic mass is 16.3. The molecule has 2 N–H and O–H groups in total. The van der Waals surface area contributed by atoms with Crippen molar-refractivity contribution in [1.82, 2.24) is 5.32 Å². The standard InChI is InChI=1S/C7H13NO/c1-7(4-9)5-2-8-3-6(5)7/h5-6,8-9H,2-4H2,1H3. The van der Waals surface area contributed by atoms with Crippen LogP contribution in [0, 0.1) is 17.3 Å². The third-order valence-electron chi connectivity index (χ3n) is 3.14. The number of hydrogen-bond acceptors (Lipinski definition) is 2. The zero-order chi connectivity index (χ0) is 6.48. The molecular formula is C7H13NO. The number of piperidine rings is 1. The number of hydrogen-bond donors (Lipinski definition) is 2. The molecule has 1 heterocycles. The molecule has 0 aromatic rings. The van der Waals surface area contributed by atoms with Gasteiger partial charge in [-0.2, -0.15) is 0 Å². The molecular weight excluding hydrogens is 114 g/mol. The van der Waals surface area contributed by atoms with E-state index in [1.54, 1.807) is 0 Å². The van der Waals surface area contributed by atoms with E-state index in [9.17, 15) is 0 Å². The Morgan fingerprint density at radius 3 is 2.44 bits per heavy atom. The molecule has 1 saturated carbocycles. The van der Waals surface area contributed by atoms with Crippen LogP contribution in [0.5, 0.6) is 0 Å². The number of fused-ring (bicyclic) bond motifs is 1. The van der Waals surface area contributed by atoms with Crippen molar-refractivity contribution in [2.24, 2.45) is 17.3 Å². The van der Waals surface area contributed by atoms with E-state index in [4.69, 9.17) is 5.11 Å². The van der Waals surface area contributed by atoms with Gasteiger partial charge in [-0.15, -0.1) is 0 Å². The van der Waals surface area contributed by atoms with Crippen LogP contribution in [0.1, 0.15) is 6.92 Å². The monoisotopic (exact) mass is 127 g/mol. The molecule has 1 aliphatic carbocycles. The van der Waals surface area contributed by atoms with E-state index in [-0.39, 0.29) is 0 Å². The summed E-state index contributed by atoms with van der Waals surface area (Å²) >= 11 is 0. The van der Waals surface area contributed by atoms with Crippen molar-refractivity contribution in [3.8, 4) is 0 Å². The Hall–Kier alpha value is -0.0800. The molecule has 9 heavy (non-hydrogen) atoms. The molecule has 2 atom stereocenters. The quantitative estimate of drug-likeness (QED) is 0.513. The van der Waals surface area contributed by atoms with Crippen molar-refractivity contribution >= 4 is 0 Å². The van der Waals surface area contributed by atoms with Gasteiger partial charge in [-0.3, -0.25) is 0 Å². The molecule has 2 nitrogen and oxygen atoms in total. The zero-order valence-electron chi connectivity index (χ0n) is 5.72. The van der Waals surface area contributed by atoms with Crippen molar-refractivity contribution in [1.29, 1.82) is 0 Å². The van der Waals surface area contributed by atoms with E-state index in [1.807, 2.05) is 0 Å². The lowest BCUT2D eigenvalue weighted by Gasteiger charge is -2.10. The van der Waals surface area contributed by atoms with E-state index >= 15 is 0 Å². The largest absolute Gasteiger partial charge is 0.396 e. The van der Waals surface area contributed by atoms with Gasteiger partial charge in [-0.25, -0.2) is 0 Å². The van der Waals surface area contributed by atoms with Crippen LogP contribution in [0.2, 0.25) is 0 Å². The van der Waals surface area contributed by atoms with Crippen LogP contribution < -0.4 is 5.32 Å². The topological polar surface area (TPSA) is 32.3 Å². The van der Waals surface area contributed by atoms with E-state index < -0.39 is 0 Å². The summed E-state index contributed by atoms with van der Waals surface area (Å²) < 4.78 is 0. The molecule has 2 unspecified atom stereocenters. The molecule has 52 valence electrons. The second kappa shape index (κ2) is 1.50. The average Bonchev–Trinajstić information content (AvgIpc) is 2.39. The lowest BCUT2D eigenvalue weighted by Crippen LogP contribution is -2.22. The maximum atomic E-state index is 8.94. The van der Waals surface area contributed by atoms with Crippen molar-refractivity contribution in [2.45, 2.75) is 6.92 Å². The molecule has 0 aromatic heterocycles. The highest BCUT2D eigenvalue weighted by Gasteiger charge is 2.62. The fourth-order valence-corrected chi connectivity index (χ4v) is 2.14. The van der Waals surface area contributed by atoms with Crippen molar-refractivity contribution < 1.29 is 5.11 Å². The maximum Gasteiger partial charge on any atom is 0.0491 e. The molecule has 2 aliphatic rings. The fraction of sp³-hybridized carbons (Fsp3) is 1.00. The Morgan fingerprint density at radius 1 is 1.56 bits per heavy atom. The number of aliphatic hydroxyl groups excluding tert-OH is 1. The number of nitrogens with one attached hydrogen (secondary N) is 1. The smallest absolute Gasteiger partial charge is 0.0491 e. The van der Waals surface area contributed by atoms with E-state index in [0.29, 0.717) is 12.0 Å². The molecule has 0 radical (unpaired) electrons. The fourth-order valence-electron chi connectivity index (χ4n) is 2.14. The summed E-state index contributed by atoms with van der Waals surface area (Å²) in [6.45, 7) is 4.82. The molecule has 0 spiro atoms. The Labute approximate surface area is 55.3 Å². The van der Waals surface area contributed by atoms with Gasteiger partial charge in [-0.1, -0.05) is 6.92 Å². The van der Waals surface area contributed by atoms with Crippen LogP contribution in [0.4, 0.5) is 0 Å². The molecule has 0 amide bonds. The first-order chi connectivity index (χ1) is 4.29. The van der Waals surface area contributed by atoms with Gasteiger partial charge in [0.2, 0.25) is 0 Å². The normalized spacial score (nSPS) is 55.3. The predicted octanol–water partition coefficient (Wildman–Crippen LogP) is -0.166. The zero-order valence-corrected chi connectivity index (χ0v) is 5.72. The highest BCUT2D eigenvalue weighted by molar-refractivity contribution is 5.12. The van der Waals surface area contributed by atoms with E-state index in [1.165, 1.54) is 0 Å². The van der Waals surface area contributed by atoms with Gasteiger partial charge in [0.05, 0.1) is 0 Å². The molecule has 2 rings (SSSR count). The van der Waals surface area contributed by atoms with Gasteiger partial charge in [0.1, 0.15) is 0 Å². The summed E-state index contributed by atoms with van der Waals surface area (Å²) in [7, 11) is 0. The highest BCUT2D eigenvalue weighted by Crippen LogP contribution is 2.59. The Kier molecular flexibility index (Phi) is 0.945. The van der Waals surface area contributed by atoms with Gasteiger partial charge < -0.3 is 10.4 Å². The molecule has 1 aliphatic heterocycles. The van der Waals surface area contributed by atoms with Crippen molar-refractivity contribution in [3.05, 3.63) is 0 Å². The van der Waals surface area contributed by atoms with Crippen LogP contribution in [-0.2, 0) is 0 Å². The van der Waals surface area contributed by atoms with Crippen LogP contribution in [0.15, 0.2) is 0 Å². The van der Waals surface area contributed by atoms with Crippen LogP contribution in [-0.4, -0.2) is 24.8 Å². The summed E-state index contributed by atoms with van der Waals surface area (Å²) in [4.78, 5) is 0. The summed E-state index contributed by atoms with van der Waals surface area (Å²) in [5.41, 5.74) is 0.297. The Balaban J connectivity index is 2.07. The lowest BCUT2D eigenvalue weighted by atomic mass is 10.1. The molecule has 0 bridgehead atoms. The predicted molar refractivity (Wildman–Crippen MR) is 35.0 cm³/mol. The summed E-state index contributed by atoms with van der Waals surface area (Å²) in [6, 6.07) is 0. The molecule has 2 heteroatoms. The van der Waals surface area contributed by atoms with Crippen molar-refractivity contribution in [3.63, 3.8) is 0 Å². The van der Waals surface area contributed by atoms with Gasteiger partial charge in [0, 0.05) is 6.61 Å². The molecule has 0 aromatic carbocycles. The van der Waals surface area contributed by atoms with Crippen LogP contribution in [0.25, 0.3) is 0 Å². The lowest BCUT2D eigenvalue weighted by molar-refractivity contribution is 0.196. The van der Waals surface area contributed by atoms with E-state index in [2.05, 4.69) is 12.2 Å². The molecule has 2 fully saturated rings. The minimum Gasteiger partial charge on any atom is -0.396 e. The first-order valence-electron chi connectivity index (χ1n) is 3.60. The third kappa shape index (κ3) is 0.528. The summed E-state index contributed by atoms with van der Waals surface area (Å²) in [5, 5.41) is 12.2. The number of aliphatic hydroxyl groups is 1. The van der Waals surface area contributed by atoms with Gasteiger partial charge in [0.25, 0.3) is 0 Å². The SMILES string of the molecule is CC1(CO)C2CNCC21. The maximum absolute atomic E-state index is 8.94. The minimum absolute atomic E-state index is 0.297. The third-order valence-corrected chi connectivity index (χ3v) is 3.14. The van der Waals surface area contributed by atoms with Gasteiger partial charge in [-0.05, 0) is 30.3 Å². The minimum atomic E-state index is 0.297. The second-order valence-electron chi connectivity index (χ2n) is 3.54. The van der Waals surface area contributed by atoms with Gasteiger partial charge in [0.15, 0.2) is 0 Å². The van der Waals surface area contributed by atoms with Gasteiger partial charge >= 0.3 is 0 Å². The summed E-state index contributed by atoms with van der Waals surface area (Å²) in [6.07, 6.45) is 0. The first-order valence-corrected chi connectivity index (χ1v) is 3.60. The van der Waals surface area contributed by atoms with E-state index in [0.717, 1.165) is 24.9 Å².